The third kappa shape index (κ3) is 4.05. The summed E-state index contributed by atoms with van der Waals surface area (Å²) in [4.78, 5) is 6.80. The van der Waals surface area contributed by atoms with Gasteiger partial charge in [0.2, 0.25) is 4.80 Å². The Balaban J connectivity index is 1.94. The van der Waals surface area contributed by atoms with Crippen molar-refractivity contribution in [3.05, 3.63) is 75.5 Å². The first-order valence-electron chi connectivity index (χ1n) is 7.93. The van der Waals surface area contributed by atoms with Crippen molar-refractivity contribution in [1.29, 1.82) is 0 Å². The quantitative estimate of drug-likeness (QED) is 0.628. The van der Waals surface area contributed by atoms with E-state index in [9.17, 15) is 8.78 Å². The molecule has 1 heterocycles. The second kappa shape index (κ2) is 7.61. The fourth-order valence-corrected chi connectivity index (χ4v) is 3.08. The molecule has 0 aliphatic carbocycles. The van der Waals surface area contributed by atoms with Crippen LogP contribution in [0.5, 0.6) is 0 Å². The number of anilines is 1. The lowest BCUT2D eigenvalue weighted by Crippen LogP contribution is -2.12. The van der Waals surface area contributed by atoms with E-state index < -0.39 is 11.6 Å². The van der Waals surface area contributed by atoms with E-state index in [0.29, 0.717) is 4.80 Å². The fourth-order valence-electron chi connectivity index (χ4n) is 2.26. The minimum absolute atomic E-state index is 0.0764. The molecule has 26 heavy (non-hydrogen) atoms. The zero-order valence-corrected chi connectivity index (χ0v) is 15.5. The van der Waals surface area contributed by atoms with Crippen molar-refractivity contribution in [2.45, 2.75) is 6.92 Å². The SMILES string of the molecule is Cc1csc(=Nc2ccc(F)cc2F)n1N=Cc1ccc(N(C)C)cc1. The maximum Gasteiger partial charge on any atom is 0.211 e. The summed E-state index contributed by atoms with van der Waals surface area (Å²) >= 11 is 1.34. The standard InChI is InChI=1S/C19H18F2N4S/c1-13-12-26-19(23-18-9-6-15(20)10-17(18)21)25(13)22-11-14-4-7-16(8-5-14)24(2)3/h4-12H,1-3H3. The molecule has 0 fully saturated rings. The summed E-state index contributed by atoms with van der Waals surface area (Å²) in [5.74, 6) is -1.33. The number of nitrogens with zero attached hydrogens (tertiary/aromatic N) is 4. The molecule has 0 saturated carbocycles. The van der Waals surface area contributed by atoms with E-state index in [1.807, 2.05) is 55.6 Å². The summed E-state index contributed by atoms with van der Waals surface area (Å²) in [5, 5.41) is 6.33. The number of halogens is 2. The lowest BCUT2D eigenvalue weighted by Gasteiger charge is -2.11. The predicted molar refractivity (Wildman–Crippen MR) is 102 cm³/mol. The Morgan fingerprint density at radius 1 is 1.08 bits per heavy atom. The molecule has 3 rings (SSSR count). The molecule has 0 amide bonds. The first-order valence-corrected chi connectivity index (χ1v) is 8.80. The summed E-state index contributed by atoms with van der Waals surface area (Å²) in [6, 6.07) is 11.3. The minimum atomic E-state index is -0.703. The molecule has 4 nitrogen and oxygen atoms in total. The summed E-state index contributed by atoms with van der Waals surface area (Å²) in [6.07, 6.45) is 1.72. The van der Waals surface area contributed by atoms with Crippen LogP contribution in [0.4, 0.5) is 20.2 Å². The van der Waals surface area contributed by atoms with Gasteiger partial charge >= 0.3 is 0 Å². The number of hydrogen-bond acceptors (Lipinski definition) is 4. The number of aryl methyl sites for hydroxylation is 1. The van der Waals surface area contributed by atoms with Crippen molar-refractivity contribution in [1.82, 2.24) is 4.68 Å². The number of thiazole rings is 1. The Bertz CT molecular complexity index is 1000. The predicted octanol–water partition coefficient (Wildman–Crippen LogP) is 4.32. The van der Waals surface area contributed by atoms with Gasteiger partial charge in [-0.25, -0.2) is 18.4 Å². The average Bonchev–Trinajstić information content (AvgIpc) is 2.95. The normalized spacial score (nSPS) is 12.1. The van der Waals surface area contributed by atoms with Crippen LogP contribution < -0.4 is 9.70 Å². The molecule has 2 aromatic carbocycles. The molecule has 0 N–H and O–H groups in total. The molecule has 0 bridgehead atoms. The van der Waals surface area contributed by atoms with Crippen LogP contribution in [0.2, 0.25) is 0 Å². The molecular weight excluding hydrogens is 354 g/mol. The fraction of sp³-hybridized carbons (Fsp3) is 0.158. The van der Waals surface area contributed by atoms with Crippen molar-refractivity contribution in [2.24, 2.45) is 10.1 Å². The van der Waals surface area contributed by atoms with Crippen LogP contribution in [0, 0.1) is 18.6 Å². The van der Waals surface area contributed by atoms with E-state index in [1.54, 1.807) is 10.9 Å². The van der Waals surface area contributed by atoms with E-state index in [1.165, 1.54) is 23.5 Å². The van der Waals surface area contributed by atoms with Crippen molar-refractivity contribution in [3.8, 4) is 0 Å². The van der Waals surface area contributed by atoms with Crippen molar-refractivity contribution in [3.63, 3.8) is 0 Å². The van der Waals surface area contributed by atoms with Gasteiger partial charge in [0, 0.05) is 31.2 Å². The highest BCUT2D eigenvalue weighted by Crippen LogP contribution is 2.18. The molecule has 0 aliphatic rings. The van der Waals surface area contributed by atoms with Crippen LogP contribution in [-0.2, 0) is 0 Å². The molecule has 7 heteroatoms. The van der Waals surface area contributed by atoms with Crippen molar-refractivity contribution < 1.29 is 8.78 Å². The second-order valence-electron chi connectivity index (χ2n) is 5.91. The van der Waals surface area contributed by atoms with Crippen LogP contribution in [0.3, 0.4) is 0 Å². The van der Waals surface area contributed by atoms with E-state index in [2.05, 4.69) is 10.1 Å². The molecule has 0 radical (unpaired) electrons. The highest BCUT2D eigenvalue weighted by molar-refractivity contribution is 7.07. The van der Waals surface area contributed by atoms with Gasteiger partial charge in [0.05, 0.1) is 11.9 Å². The molecule has 134 valence electrons. The molecule has 0 saturated heterocycles. The van der Waals surface area contributed by atoms with Crippen LogP contribution >= 0.6 is 11.3 Å². The zero-order chi connectivity index (χ0) is 18.7. The lowest BCUT2D eigenvalue weighted by atomic mass is 10.2. The highest BCUT2D eigenvalue weighted by Gasteiger charge is 2.05. The third-order valence-corrected chi connectivity index (χ3v) is 4.64. The van der Waals surface area contributed by atoms with Gasteiger partial charge in [-0.3, -0.25) is 0 Å². The number of hydrogen-bond donors (Lipinski definition) is 0. The van der Waals surface area contributed by atoms with Gasteiger partial charge in [-0.1, -0.05) is 12.1 Å². The monoisotopic (exact) mass is 372 g/mol. The maximum absolute atomic E-state index is 13.8. The van der Waals surface area contributed by atoms with Crippen LogP contribution in [0.1, 0.15) is 11.3 Å². The molecule has 0 spiro atoms. The highest BCUT2D eigenvalue weighted by atomic mass is 32.1. The summed E-state index contributed by atoms with van der Waals surface area (Å²) in [6.45, 7) is 1.89. The Labute approximate surface area is 154 Å². The first-order chi connectivity index (χ1) is 12.4. The number of aromatic nitrogens is 1. The molecule has 0 aliphatic heterocycles. The zero-order valence-electron chi connectivity index (χ0n) is 14.6. The summed E-state index contributed by atoms with van der Waals surface area (Å²) in [7, 11) is 3.96. The van der Waals surface area contributed by atoms with Gasteiger partial charge in [0.25, 0.3) is 0 Å². The van der Waals surface area contributed by atoms with Gasteiger partial charge in [-0.05, 0) is 36.8 Å². The molecule has 0 atom stereocenters. The maximum atomic E-state index is 13.8. The van der Waals surface area contributed by atoms with Gasteiger partial charge in [0.15, 0.2) is 5.82 Å². The summed E-state index contributed by atoms with van der Waals surface area (Å²) < 4.78 is 28.5. The lowest BCUT2D eigenvalue weighted by molar-refractivity contribution is 0.584. The number of rotatable bonds is 4. The van der Waals surface area contributed by atoms with E-state index in [0.717, 1.165) is 23.0 Å². The molecule has 3 aromatic rings. The Morgan fingerprint density at radius 3 is 2.46 bits per heavy atom. The van der Waals surface area contributed by atoms with E-state index >= 15 is 0 Å². The first kappa shape index (κ1) is 18.0. The molecule has 0 unspecified atom stereocenters. The molecule has 1 aromatic heterocycles. The van der Waals surface area contributed by atoms with E-state index in [4.69, 9.17) is 0 Å². The Morgan fingerprint density at radius 2 is 1.81 bits per heavy atom. The van der Waals surface area contributed by atoms with Crippen LogP contribution in [0.15, 0.2) is 57.9 Å². The van der Waals surface area contributed by atoms with Crippen molar-refractivity contribution >= 4 is 28.9 Å². The van der Waals surface area contributed by atoms with Gasteiger partial charge < -0.3 is 4.90 Å². The van der Waals surface area contributed by atoms with Gasteiger partial charge in [-0.15, -0.1) is 11.3 Å². The minimum Gasteiger partial charge on any atom is -0.378 e. The van der Waals surface area contributed by atoms with Gasteiger partial charge in [-0.2, -0.15) is 5.10 Å². The smallest absolute Gasteiger partial charge is 0.211 e. The largest absolute Gasteiger partial charge is 0.378 e. The topological polar surface area (TPSA) is 32.9 Å². The van der Waals surface area contributed by atoms with Gasteiger partial charge in [0.1, 0.15) is 11.5 Å². The Hall–Kier alpha value is -2.80. The van der Waals surface area contributed by atoms with E-state index in [-0.39, 0.29) is 5.69 Å². The second-order valence-corrected chi connectivity index (χ2v) is 6.75. The molecular formula is C19H18F2N4S. The average molecular weight is 372 g/mol. The van der Waals surface area contributed by atoms with Crippen molar-refractivity contribution in [2.75, 3.05) is 19.0 Å². The third-order valence-electron chi connectivity index (χ3n) is 3.71. The number of benzene rings is 2. The van der Waals surface area contributed by atoms with Crippen LogP contribution in [0.25, 0.3) is 0 Å². The van der Waals surface area contributed by atoms with Crippen LogP contribution in [-0.4, -0.2) is 25.0 Å². The Kier molecular flexibility index (Phi) is 5.27. The summed E-state index contributed by atoms with van der Waals surface area (Å²) in [5.41, 5.74) is 2.99.